The average molecular weight is 233 g/mol. The van der Waals surface area contributed by atoms with Gasteiger partial charge in [0.1, 0.15) is 5.75 Å². The van der Waals surface area contributed by atoms with Gasteiger partial charge in [-0.05, 0) is 30.9 Å². The largest absolute Gasteiger partial charge is 0.489 e. The van der Waals surface area contributed by atoms with E-state index in [2.05, 4.69) is 46.8 Å². The molecule has 0 aliphatic heterocycles. The lowest BCUT2D eigenvalue weighted by Gasteiger charge is -2.21. The molecular formula is C15H23NO. The molecule has 1 fully saturated rings. The van der Waals surface area contributed by atoms with E-state index >= 15 is 0 Å². The van der Waals surface area contributed by atoms with Crippen molar-refractivity contribution in [3.05, 3.63) is 23.5 Å². The van der Waals surface area contributed by atoms with Crippen LogP contribution in [0.25, 0.3) is 0 Å². The third-order valence-electron chi connectivity index (χ3n) is 3.02. The van der Waals surface area contributed by atoms with Crippen molar-refractivity contribution < 1.29 is 4.74 Å². The smallest absolute Gasteiger partial charge is 0.141 e. The summed E-state index contributed by atoms with van der Waals surface area (Å²) >= 11 is 0. The van der Waals surface area contributed by atoms with Gasteiger partial charge in [-0.3, -0.25) is 4.98 Å². The molecule has 1 heterocycles. The number of aromatic nitrogens is 1. The van der Waals surface area contributed by atoms with Crippen molar-refractivity contribution in [3.63, 3.8) is 0 Å². The number of hydrogen-bond donors (Lipinski definition) is 0. The van der Waals surface area contributed by atoms with Gasteiger partial charge in [0, 0.05) is 11.1 Å². The van der Waals surface area contributed by atoms with Crippen molar-refractivity contribution >= 4 is 0 Å². The second kappa shape index (κ2) is 4.32. The summed E-state index contributed by atoms with van der Waals surface area (Å²) in [4.78, 5) is 4.80. The maximum atomic E-state index is 5.92. The minimum atomic E-state index is 0.0990. The lowest BCUT2D eigenvalue weighted by atomic mass is 9.91. The van der Waals surface area contributed by atoms with Crippen LogP contribution in [-0.2, 0) is 5.41 Å². The molecule has 17 heavy (non-hydrogen) atoms. The summed E-state index contributed by atoms with van der Waals surface area (Å²) in [6.07, 6.45) is 2.83. The first-order chi connectivity index (χ1) is 7.88. The van der Waals surface area contributed by atoms with Crippen LogP contribution in [0.5, 0.6) is 5.75 Å². The van der Waals surface area contributed by atoms with E-state index in [0.29, 0.717) is 12.0 Å². The molecule has 0 radical (unpaired) electrons. The minimum absolute atomic E-state index is 0.0990. The Labute approximate surface area is 104 Å². The van der Waals surface area contributed by atoms with Crippen molar-refractivity contribution in [2.24, 2.45) is 0 Å². The van der Waals surface area contributed by atoms with Crippen LogP contribution in [0, 0.1) is 0 Å². The average Bonchev–Trinajstić information content (AvgIpc) is 3.00. The Morgan fingerprint density at radius 3 is 2.35 bits per heavy atom. The zero-order valence-electron chi connectivity index (χ0n) is 11.6. The Hall–Kier alpha value is -1.05. The van der Waals surface area contributed by atoms with E-state index in [-0.39, 0.29) is 5.41 Å². The normalized spacial score (nSPS) is 16.4. The van der Waals surface area contributed by atoms with Gasteiger partial charge < -0.3 is 4.74 Å². The van der Waals surface area contributed by atoms with Gasteiger partial charge in [-0.15, -0.1) is 0 Å². The van der Waals surface area contributed by atoms with Crippen LogP contribution in [0.15, 0.2) is 12.1 Å². The molecule has 94 valence electrons. The first kappa shape index (κ1) is 12.4. The van der Waals surface area contributed by atoms with Crippen LogP contribution in [0.4, 0.5) is 0 Å². The van der Waals surface area contributed by atoms with E-state index in [1.165, 1.54) is 12.8 Å². The molecule has 1 aliphatic carbocycles. The monoisotopic (exact) mass is 233 g/mol. The zero-order valence-corrected chi connectivity index (χ0v) is 11.6. The molecule has 1 saturated carbocycles. The summed E-state index contributed by atoms with van der Waals surface area (Å²) in [6, 6.07) is 4.20. The van der Waals surface area contributed by atoms with Crippen molar-refractivity contribution in [3.8, 4) is 5.75 Å². The standard InChI is InChI=1S/C15H23NO/c1-10(2)14-12(17-11-6-7-11)8-9-13(16-14)15(3,4)5/h8-11H,6-7H2,1-5H3. The van der Waals surface area contributed by atoms with E-state index in [9.17, 15) is 0 Å². The Morgan fingerprint density at radius 1 is 1.24 bits per heavy atom. The van der Waals surface area contributed by atoms with Crippen LogP contribution < -0.4 is 4.74 Å². The van der Waals surface area contributed by atoms with Crippen LogP contribution >= 0.6 is 0 Å². The molecule has 0 N–H and O–H groups in total. The summed E-state index contributed by atoms with van der Waals surface area (Å²) in [5, 5.41) is 0. The number of nitrogens with zero attached hydrogens (tertiary/aromatic N) is 1. The van der Waals surface area contributed by atoms with Crippen LogP contribution in [0.1, 0.15) is 64.8 Å². The van der Waals surface area contributed by atoms with Gasteiger partial charge in [-0.2, -0.15) is 0 Å². The fraction of sp³-hybridized carbons (Fsp3) is 0.667. The number of pyridine rings is 1. The molecule has 1 aromatic rings. The molecule has 1 aliphatic rings. The van der Waals surface area contributed by atoms with Crippen LogP contribution in [0.3, 0.4) is 0 Å². The number of rotatable bonds is 3. The summed E-state index contributed by atoms with van der Waals surface area (Å²) in [5.41, 5.74) is 2.34. The Bertz CT molecular complexity index is 400. The highest BCUT2D eigenvalue weighted by Gasteiger charge is 2.26. The first-order valence-corrected chi connectivity index (χ1v) is 6.56. The predicted octanol–water partition coefficient (Wildman–Crippen LogP) is 4.04. The molecule has 0 unspecified atom stereocenters. The van der Waals surface area contributed by atoms with Crippen molar-refractivity contribution in [2.45, 2.75) is 64.9 Å². The van der Waals surface area contributed by atoms with Crippen molar-refractivity contribution in [1.82, 2.24) is 4.98 Å². The molecule has 1 aromatic heterocycles. The summed E-state index contributed by atoms with van der Waals surface area (Å²) < 4.78 is 5.92. The SMILES string of the molecule is CC(C)c1nc(C(C)(C)C)ccc1OC1CC1. The van der Waals surface area contributed by atoms with E-state index in [4.69, 9.17) is 9.72 Å². The van der Waals surface area contributed by atoms with Gasteiger partial charge in [-0.1, -0.05) is 34.6 Å². The fourth-order valence-corrected chi connectivity index (χ4v) is 1.76. The highest BCUT2D eigenvalue weighted by molar-refractivity contribution is 5.34. The van der Waals surface area contributed by atoms with E-state index < -0.39 is 0 Å². The summed E-state index contributed by atoms with van der Waals surface area (Å²) in [5.74, 6) is 1.39. The highest BCUT2D eigenvalue weighted by Crippen LogP contribution is 2.33. The van der Waals surface area contributed by atoms with Gasteiger partial charge in [-0.25, -0.2) is 0 Å². The third kappa shape index (κ3) is 2.99. The molecule has 0 bridgehead atoms. The Morgan fingerprint density at radius 2 is 1.88 bits per heavy atom. The van der Waals surface area contributed by atoms with E-state index in [0.717, 1.165) is 17.1 Å². The molecule has 2 rings (SSSR count). The molecule has 0 spiro atoms. The summed E-state index contributed by atoms with van der Waals surface area (Å²) in [6.45, 7) is 10.9. The van der Waals surface area contributed by atoms with E-state index in [1.807, 2.05) is 0 Å². The maximum Gasteiger partial charge on any atom is 0.141 e. The summed E-state index contributed by atoms with van der Waals surface area (Å²) in [7, 11) is 0. The highest BCUT2D eigenvalue weighted by atomic mass is 16.5. The van der Waals surface area contributed by atoms with Gasteiger partial charge in [0.2, 0.25) is 0 Å². The zero-order chi connectivity index (χ0) is 12.6. The number of hydrogen-bond acceptors (Lipinski definition) is 2. The lowest BCUT2D eigenvalue weighted by Crippen LogP contribution is -2.15. The molecule has 2 heteroatoms. The molecule has 0 amide bonds. The van der Waals surface area contributed by atoms with Gasteiger partial charge in [0.15, 0.2) is 0 Å². The fourth-order valence-electron chi connectivity index (χ4n) is 1.76. The molecule has 2 nitrogen and oxygen atoms in total. The number of ether oxygens (including phenoxy) is 1. The molecular weight excluding hydrogens is 210 g/mol. The Kier molecular flexibility index (Phi) is 3.15. The second-order valence-corrected chi connectivity index (χ2v) is 6.30. The molecule has 0 atom stereocenters. The lowest BCUT2D eigenvalue weighted by molar-refractivity contribution is 0.296. The molecule has 0 saturated heterocycles. The minimum Gasteiger partial charge on any atom is -0.489 e. The second-order valence-electron chi connectivity index (χ2n) is 6.30. The van der Waals surface area contributed by atoms with Gasteiger partial charge in [0.05, 0.1) is 11.8 Å². The van der Waals surface area contributed by atoms with E-state index in [1.54, 1.807) is 0 Å². The predicted molar refractivity (Wildman–Crippen MR) is 70.7 cm³/mol. The third-order valence-corrected chi connectivity index (χ3v) is 3.02. The Balaban J connectivity index is 2.33. The van der Waals surface area contributed by atoms with Gasteiger partial charge >= 0.3 is 0 Å². The van der Waals surface area contributed by atoms with Crippen molar-refractivity contribution in [1.29, 1.82) is 0 Å². The maximum absolute atomic E-state index is 5.92. The molecule has 0 aromatic carbocycles. The first-order valence-electron chi connectivity index (χ1n) is 6.56. The van der Waals surface area contributed by atoms with Crippen molar-refractivity contribution in [2.75, 3.05) is 0 Å². The topological polar surface area (TPSA) is 22.1 Å². The quantitative estimate of drug-likeness (QED) is 0.786. The van der Waals surface area contributed by atoms with Crippen LogP contribution in [-0.4, -0.2) is 11.1 Å². The van der Waals surface area contributed by atoms with Gasteiger partial charge in [0.25, 0.3) is 0 Å². The van der Waals surface area contributed by atoms with Crippen LogP contribution in [0.2, 0.25) is 0 Å².